The van der Waals surface area contributed by atoms with Crippen LogP contribution < -0.4 is 10.5 Å². The highest BCUT2D eigenvalue weighted by molar-refractivity contribution is 5.47. The molecule has 0 unspecified atom stereocenters. The van der Waals surface area contributed by atoms with Gasteiger partial charge in [0.15, 0.2) is 0 Å². The maximum Gasteiger partial charge on any atom is 0.260 e. The van der Waals surface area contributed by atoms with E-state index in [0.29, 0.717) is 43.2 Å². The summed E-state index contributed by atoms with van der Waals surface area (Å²) in [5, 5.41) is 11.0. The maximum atomic E-state index is 13.8. The summed E-state index contributed by atoms with van der Waals surface area (Å²) in [6.07, 6.45) is 4.98. The monoisotopic (exact) mass is 474 g/mol. The zero-order chi connectivity index (χ0) is 24.4. The molecule has 8 heteroatoms. The Bertz CT molecular complexity index is 1330. The van der Waals surface area contributed by atoms with E-state index in [2.05, 4.69) is 14.8 Å². The number of nitrogens with zero attached hydrogens (tertiary/aromatic N) is 4. The Labute approximate surface area is 202 Å². The largest absolute Gasteiger partial charge is 0.507 e. The smallest absolute Gasteiger partial charge is 0.260 e. The minimum atomic E-state index is -0.440. The molecule has 0 amide bonds. The Morgan fingerprint density at radius 2 is 1.77 bits per heavy atom. The lowest BCUT2D eigenvalue weighted by atomic mass is 9.96. The van der Waals surface area contributed by atoms with E-state index >= 15 is 0 Å². The summed E-state index contributed by atoms with van der Waals surface area (Å²) in [4.78, 5) is 22.3. The summed E-state index contributed by atoms with van der Waals surface area (Å²) < 4.78 is 20.5. The molecule has 1 saturated heterocycles. The third-order valence-corrected chi connectivity index (χ3v) is 6.58. The molecule has 4 heterocycles. The van der Waals surface area contributed by atoms with Crippen molar-refractivity contribution in [2.45, 2.75) is 19.5 Å². The first kappa shape index (κ1) is 22.9. The highest BCUT2D eigenvalue weighted by atomic mass is 19.1. The molecular weight excluding hydrogens is 447 g/mol. The molecule has 1 aliphatic heterocycles. The minimum absolute atomic E-state index is 0.0222. The van der Waals surface area contributed by atoms with Crippen LogP contribution in [-0.2, 0) is 6.54 Å². The Morgan fingerprint density at radius 1 is 1.06 bits per heavy atom. The molecule has 1 aromatic carbocycles. The average molecular weight is 475 g/mol. The number of rotatable bonds is 6. The molecule has 1 fully saturated rings. The van der Waals surface area contributed by atoms with Gasteiger partial charge in [-0.15, -0.1) is 0 Å². The van der Waals surface area contributed by atoms with Gasteiger partial charge in [0.05, 0.1) is 24.4 Å². The van der Waals surface area contributed by atoms with Crippen LogP contribution in [0.1, 0.15) is 28.6 Å². The Hall–Kier alpha value is -3.91. The SMILES string of the molecule is Cc1cc(O)c([C@H](c2ccncc2)N2CCN(c3ccc(F)cc3)CC2)c(=O)n1Cc1ccco1. The Kier molecular flexibility index (Phi) is 6.37. The number of aryl methyl sites for hydroxylation is 1. The summed E-state index contributed by atoms with van der Waals surface area (Å²) in [7, 11) is 0. The van der Waals surface area contributed by atoms with Gasteiger partial charge in [0.1, 0.15) is 17.3 Å². The lowest BCUT2D eigenvalue weighted by molar-refractivity contribution is 0.207. The molecule has 1 N–H and O–H groups in total. The molecule has 5 rings (SSSR count). The predicted octanol–water partition coefficient (Wildman–Crippen LogP) is 3.95. The van der Waals surface area contributed by atoms with Crippen molar-refractivity contribution in [3.63, 3.8) is 0 Å². The fourth-order valence-electron chi connectivity index (χ4n) is 4.78. The summed E-state index contributed by atoms with van der Waals surface area (Å²) >= 11 is 0. The van der Waals surface area contributed by atoms with Crippen LogP contribution in [0.15, 0.2) is 82.5 Å². The van der Waals surface area contributed by atoms with Crippen LogP contribution in [-0.4, -0.2) is 45.7 Å². The zero-order valence-corrected chi connectivity index (χ0v) is 19.5. The van der Waals surface area contributed by atoms with Gasteiger partial charge in [0.25, 0.3) is 5.56 Å². The number of halogens is 1. The first-order valence-electron chi connectivity index (χ1n) is 11.6. The summed E-state index contributed by atoms with van der Waals surface area (Å²) in [5.41, 5.74) is 2.59. The number of pyridine rings is 2. The topological polar surface area (TPSA) is 74.7 Å². The van der Waals surface area contributed by atoms with Gasteiger partial charge in [0, 0.05) is 50.0 Å². The first-order valence-corrected chi connectivity index (χ1v) is 11.6. The van der Waals surface area contributed by atoms with Gasteiger partial charge in [-0.2, -0.15) is 0 Å². The lowest BCUT2D eigenvalue weighted by Crippen LogP contribution is -2.49. The predicted molar refractivity (Wildman–Crippen MR) is 131 cm³/mol. The number of anilines is 1. The van der Waals surface area contributed by atoms with Crippen LogP contribution in [0.3, 0.4) is 0 Å². The molecule has 0 aliphatic carbocycles. The lowest BCUT2D eigenvalue weighted by Gasteiger charge is -2.40. The van der Waals surface area contributed by atoms with Gasteiger partial charge in [-0.1, -0.05) is 0 Å². The van der Waals surface area contributed by atoms with Gasteiger partial charge in [-0.05, 0) is 67.1 Å². The third kappa shape index (κ3) is 4.70. The number of hydrogen-bond acceptors (Lipinski definition) is 6. The fourth-order valence-corrected chi connectivity index (χ4v) is 4.78. The van der Waals surface area contributed by atoms with Crippen LogP contribution in [0.25, 0.3) is 0 Å². The van der Waals surface area contributed by atoms with Crippen molar-refractivity contribution in [1.82, 2.24) is 14.5 Å². The Morgan fingerprint density at radius 3 is 2.43 bits per heavy atom. The number of benzene rings is 1. The van der Waals surface area contributed by atoms with Crippen molar-refractivity contribution in [3.8, 4) is 5.75 Å². The highest BCUT2D eigenvalue weighted by Crippen LogP contribution is 2.33. The summed E-state index contributed by atoms with van der Waals surface area (Å²) in [6, 6.07) is 15.1. The summed E-state index contributed by atoms with van der Waals surface area (Å²) in [5.74, 6) is 0.386. The van der Waals surface area contributed by atoms with Gasteiger partial charge in [0.2, 0.25) is 0 Å². The van der Waals surface area contributed by atoms with E-state index < -0.39 is 6.04 Å². The van der Waals surface area contributed by atoms with Crippen molar-refractivity contribution < 1.29 is 13.9 Å². The van der Waals surface area contributed by atoms with Gasteiger partial charge in [-0.25, -0.2) is 4.39 Å². The maximum absolute atomic E-state index is 13.8. The molecule has 180 valence electrons. The molecule has 4 aromatic rings. The van der Waals surface area contributed by atoms with Crippen LogP contribution >= 0.6 is 0 Å². The van der Waals surface area contributed by atoms with Crippen molar-refractivity contribution in [1.29, 1.82) is 0 Å². The van der Waals surface area contributed by atoms with Gasteiger partial charge < -0.3 is 19.0 Å². The van der Waals surface area contributed by atoms with Gasteiger partial charge >= 0.3 is 0 Å². The van der Waals surface area contributed by atoms with Crippen LogP contribution in [0.2, 0.25) is 0 Å². The van der Waals surface area contributed by atoms with Crippen molar-refractivity contribution >= 4 is 5.69 Å². The second-order valence-corrected chi connectivity index (χ2v) is 8.74. The average Bonchev–Trinajstić information content (AvgIpc) is 3.39. The van der Waals surface area contributed by atoms with Crippen LogP contribution in [0.5, 0.6) is 5.75 Å². The van der Waals surface area contributed by atoms with E-state index in [1.165, 1.54) is 12.1 Å². The van der Waals surface area contributed by atoms with E-state index in [1.54, 1.807) is 54.4 Å². The molecule has 1 atom stereocenters. The second kappa shape index (κ2) is 9.76. The quantitative estimate of drug-likeness (QED) is 0.456. The zero-order valence-electron chi connectivity index (χ0n) is 19.5. The van der Waals surface area contributed by atoms with E-state index in [1.807, 2.05) is 18.2 Å². The number of piperazine rings is 1. The molecule has 0 spiro atoms. The fraction of sp³-hybridized carbons (Fsp3) is 0.259. The summed E-state index contributed by atoms with van der Waals surface area (Å²) in [6.45, 7) is 4.83. The number of hydrogen-bond donors (Lipinski definition) is 1. The van der Waals surface area contributed by atoms with E-state index in [-0.39, 0.29) is 23.7 Å². The van der Waals surface area contributed by atoms with Crippen LogP contribution in [0.4, 0.5) is 10.1 Å². The molecule has 0 saturated carbocycles. The normalized spacial score (nSPS) is 15.3. The standard InChI is InChI=1S/C27H27FN4O3/c1-19-17-24(33)25(27(34)32(19)18-23-3-2-16-35-23)26(20-8-10-29-11-9-20)31-14-12-30(13-15-31)22-6-4-21(28)5-7-22/h2-11,16-17,26,33H,12-15,18H2,1H3/t26-/m0/s1. The van der Waals surface area contributed by atoms with Crippen molar-refractivity contribution in [3.05, 3.63) is 112 Å². The Balaban J connectivity index is 1.50. The molecule has 3 aromatic heterocycles. The van der Waals surface area contributed by atoms with Crippen molar-refractivity contribution in [2.75, 3.05) is 31.1 Å². The molecule has 0 bridgehead atoms. The molecule has 7 nitrogen and oxygen atoms in total. The number of aromatic hydroxyl groups is 1. The molecule has 1 aliphatic rings. The van der Waals surface area contributed by atoms with Gasteiger partial charge in [-0.3, -0.25) is 14.7 Å². The molecular formula is C27H27FN4O3. The highest BCUT2D eigenvalue weighted by Gasteiger charge is 2.31. The number of furan rings is 1. The third-order valence-electron chi connectivity index (χ3n) is 6.58. The van der Waals surface area contributed by atoms with E-state index in [4.69, 9.17) is 4.42 Å². The number of aromatic nitrogens is 2. The van der Waals surface area contributed by atoms with Crippen molar-refractivity contribution in [2.24, 2.45) is 0 Å². The molecule has 0 radical (unpaired) electrons. The van der Waals surface area contributed by atoms with Crippen LogP contribution in [0, 0.1) is 12.7 Å². The first-order chi connectivity index (χ1) is 17.0. The van der Waals surface area contributed by atoms with E-state index in [0.717, 1.165) is 11.3 Å². The minimum Gasteiger partial charge on any atom is -0.507 e. The van der Waals surface area contributed by atoms with E-state index in [9.17, 15) is 14.3 Å². The second-order valence-electron chi connectivity index (χ2n) is 8.74. The molecule has 35 heavy (non-hydrogen) atoms.